The van der Waals surface area contributed by atoms with Crippen molar-refractivity contribution in [2.24, 2.45) is 5.10 Å². The molecular weight excluding hydrogens is 425 g/mol. The van der Waals surface area contributed by atoms with E-state index < -0.39 is 30.0 Å². The molecule has 0 saturated carbocycles. The van der Waals surface area contributed by atoms with E-state index in [1.807, 2.05) is 24.3 Å². The van der Waals surface area contributed by atoms with Crippen LogP contribution in [0.25, 0.3) is 22.6 Å². The van der Waals surface area contributed by atoms with E-state index in [9.17, 15) is 19.1 Å². The van der Waals surface area contributed by atoms with E-state index in [4.69, 9.17) is 5.11 Å². The van der Waals surface area contributed by atoms with Crippen molar-refractivity contribution in [3.63, 3.8) is 0 Å². The number of aliphatic hydroxyl groups is 1. The third-order valence-corrected chi connectivity index (χ3v) is 5.20. The monoisotopic (exact) mass is 451 g/mol. The number of hydrazone groups is 1. The number of nitrogens with one attached hydrogen (secondary N) is 1. The standard InChI is InChI=1S/C25H26FN3O4/c1-4-7-15-8-10-16(11-9-15)18-12-17(26)13-19-22(18)20(5-2)29(28-6-3)23(24(19)32)25(33)27-14-21(30)31/h5-6,8-13,32H,4,7,14H2,1-3H3,(H,27,33)(H,30,31)/b20-5+,28-6-. The Hall–Kier alpha value is -3.94. The number of aliphatic carboxylic acids is 1. The summed E-state index contributed by atoms with van der Waals surface area (Å²) in [5.41, 5.74) is 3.25. The van der Waals surface area contributed by atoms with Gasteiger partial charge in [0.15, 0.2) is 11.5 Å². The first-order valence-electron chi connectivity index (χ1n) is 10.6. The van der Waals surface area contributed by atoms with Gasteiger partial charge in [-0.15, -0.1) is 0 Å². The zero-order valence-corrected chi connectivity index (χ0v) is 18.7. The molecule has 0 spiro atoms. The zero-order valence-electron chi connectivity index (χ0n) is 18.7. The summed E-state index contributed by atoms with van der Waals surface area (Å²) in [6.07, 6.45) is 5.08. The number of aliphatic hydroxyl groups excluding tert-OH is 1. The second-order valence-electron chi connectivity index (χ2n) is 7.46. The lowest BCUT2D eigenvalue weighted by Crippen LogP contribution is -2.37. The maximum atomic E-state index is 14.7. The topological polar surface area (TPSA) is 102 Å². The molecule has 33 heavy (non-hydrogen) atoms. The van der Waals surface area contributed by atoms with Crippen LogP contribution in [-0.2, 0) is 16.0 Å². The van der Waals surface area contributed by atoms with Crippen LogP contribution in [0.4, 0.5) is 4.39 Å². The summed E-state index contributed by atoms with van der Waals surface area (Å²) in [4.78, 5) is 23.7. The van der Waals surface area contributed by atoms with Crippen LogP contribution in [0.15, 0.2) is 53.3 Å². The molecule has 2 aromatic carbocycles. The highest BCUT2D eigenvalue weighted by Crippen LogP contribution is 2.43. The summed E-state index contributed by atoms with van der Waals surface area (Å²) in [7, 11) is 0. The Bertz CT molecular complexity index is 1170. The van der Waals surface area contributed by atoms with Crippen LogP contribution in [0, 0.1) is 5.82 Å². The molecule has 3 rings (SSSR count). The molecule has 0 fully saturated rings. The molecular formula is C25H26FN3O4. The van der Waals surface area contributed by atoms with Crippen molar-refractivity contribution in [3.8, 4) is 11.1 Å². The average Bonchev–Trinajstić information content (AvgIpc) is 2.79. The highest BCUT2D eigenvalue weighted by Gasteiger charge is 2.35. The maximum absolute atomic E-state index is 14.7. The van der Waals surface area contributed by atoms with Gasteiger partial charge in [-0.3, -0.25) is 9.59 Å². The summed E-state index contributed by atoms with van der Waals surface area (Å²) in [6.45, 7) is 4.84. The number of halogens is 1. The molecule has 0 aliphatic carbocycles. The molecule has 1 amide bonds. The van der Waals surface area contributed by atoms with Gasteiger partial charge in [-0.25, -0.2) is 9.40 Å². The van der Waals surface area contributed by atoms with Crippen LogP contribution in [0.3, 0.4) is 0 Å². The first-order valence-corrected chi connectivity index (χ1v) is 10.6. The van der Waals surface area contributed by atoms with E-state index in [-0.39, 0.29) is 11.3 Å². The van der Waals surface area contributed by atoms with Crippen molar-refractivity contribution in [1.29, 1.82) is 0 Å². The number of carboxylic acid groups (broad SMARTS) is 1. The van der Waals surface area contributed by atoms with Gasteiger partial charge < -0.3 is 15.5 Å². The van der Waals surface area contributed by atoms with Gasteiger partial charge in [0.2, 0.25) is 0 Å². The van der Waals surface area contributed by atoms with E-state index >= 15 is 0 Å². The van der Waals surface area contributed by atoms with Crippen LogP contribution in [-0.4, -0.2) is 39.9 Å². The molecule has 1 aliphatic rings. The normalized spacial score (nSPS) is 14.7. The Labute approximate surface area is 191 Å². The zero-order chi connectivity index (χ0) is 24.1. The highest BCUT2D eigenvalue weighted by atomic mass is 19.1. The molecule has 1 aliphatic heterocycles. The first-order chi connectivity index (χ1) is 15.8. The third kappa shape index (κ3) is 4.79. The van der Waals surface area contributed by atoms with Gasteiger partial charge >= 0.3 is 5.97 Å². The van der Waals surface area contributed by atoms with Gasteiger partial charge in [0.1, 0.15) is 12.4 Å². The Morgan fingerprint density at radius 2 is 1.82 bits per heavy atom. The van der Waals surface area contributed by atoms with Crippen molar-refractivity contribution in [2.45, 2.75) is 33.6 Å². The lowest BCUT2D eigenvalue weighted by atomic mass is 9.88. The summed E-state index contributed by atoms with van der Waals surface area (Å²) in [6, 6.07) is 10.3. The van der Waals surface area contributed by atoms with Crippen LogP contribution < -0.4 is 5.32 Å². The molecule has 0 unspecified atom stereocenters. The number of carboxylic acids is 1. The summed E-state index contributed by atoms with van der Waals surface area (Å²) >= 11 is 0. The average molecular weight is 451 g/mol. The van der Waals surface area contributed by atoms with Gasteiger partial charge in [0, 0.05) is 17.3 Å². The number of allylic oxidation sites excluding steroid dienone is 1. The largest absolute Gasteiger partial charge is 0.505 e. The molecule has 0 bridgehead atoms. The fourth-order valence-electron chi connectivity index (χ4n) is 3.84. The van der Waals surface area contributed by atoms with Crippen LogP contribution in [0.2, 0.25) is 0 Å². The summed E-state index contributed by atoms with van der Waals surface area (Å²) in [5, 5.41) is 27.6. The van der Waals surface area contributed by atoms with Crippen molar-refractivity contribution in [3.05, 3.63) is 70.7 Å². The number of rotatable bonds is 7. The van der Waals surface area contributed by atoms with E-state index in [1.165, 1.54) is 17.3 Å². The third-order valence-electron chi connectivity index (χ3n) is 5.20. The number of benzene rings is 2. The number of hydrogen-bond donors (Lipinski definition) is 3. The van der Waals surface area contributed by atoms with Gasteiger partial charge in [0.25, 0.3) is 5.91 Å². The second-order valence-corrected chi connectivity index (χ2v) is 7.46. The Balaban J connectivity index is 2.25. The van der Waals surface area contributed by atoms with Crippen LogP contribution in [0.1, 0.15) is 43.9 Å². The smallest absolute Gasteiger partial charge is 0.322 e. The van der Waals surface area contributed by atoms with Gasteiger partial charge in [-0.1, -0.05) is 43.7 Å². The second kappa shape index (κ2) is 10.1. The fraction of sp³-hybridized carbons (Fsp3) is 0.240. The van der Waals surface area contributed by atoms with E-state index in [0.29, 0.717) is 16.8 Å². The SMILES string of the molecule is C/C=N\N1C(C(=O)NCC(=O)O)=C(O)c2cc(F)cc(-c3ccc(CCC)cc3)c2/C1=C\C. The van der Waals surface area contributed by atoms with Crippen LogP contribution >= 0.6 is 0 Å². The maximum Gasteiger partial charge on any atom is 0.322 e. The highest BCUT2D eigenvalue weighted by molar-refractivity contribution is 6.06. The van der Waals surface area contributed by atoms with E-state index in [2.05, 4.69) is 17.3 Å². The number of hydrogen-bond acceptors (Lipinski definition) is 5. The predicted octanol–water partition coefficient (Wildman–Crippen LogP) is 4.55. The fourth-order valence-corrected chi connectivity index (χ4v) is 3.84. The predicted molar refractivity (Wildman–Crippen MR) is 126 cm³/mol. The Morgan fingerprint density at radius 3 is 2.39 bits per heavy atom. The minimum atomic E-state index is -1.24. The number of aryl methyl sites for hydroxylation is 1. The van der Waals surface area contributed by atoms with Gasteiger partial charge in [-0.2, -0.15) is 5.10 Å². The number of nitrogens with zero attached hydrogens (tertiary/aromatic N) is 2. The summed E-state index contributed by atoms with van der Waals surface area (Å²) < 4.78 is 14.7. The number of amides is 1. The summed E-state index contributed by atoms with van der Waals surface area (Å²) in [5.74, 6) is -3.16. The van der Waals surface area contributed by atoms with Gasteiger partial charge in [0.05, 0.1) is 5.70 Å². The molecule has 0 atom stereocenters. The molecule has 3 N–H and O–H groups in total. The van der Waals surface area contributed by atoms with Crippen molar-refractivity contribution in [1.82, 2.24) is 10.3 Å². The van der Waals surface area contributed by atoms with E-state index in [0.717, 1.165) is 30.0 Å². The molecule has 0 aromatic heterocycles. The first kappa shape index (κ1) is 23.7. The number of carbonyl (C=O) groups excluding carboxylic acids is 1. The molecule has 172 valence electrons. The minimum Gasteiger partial charge on any atom is -0.505 e. The van der Waals surface area contributed by atoms with Crippen molar-refractivity contribution in [2.75, 3.05) is 6.54 Å². The molecule has 2 aromatic rings. The lowest BCUT2D eigenvalue weighted by molar-refractivity contribution is -0.137. The minimum absolute atomic E-state index is 0.124. The number of fused-ring (bicyclic) bond motifs is 1. The Kier molecular flexibility index (Phi) is 7.27. The molecule has 0 radical (unpaired) electrons. The molecule has 7 nitrogen and oxygen atoms in total. The van der Waals surface area contributed by atoms with Gasteiger partial charge in [-0.05, 0) is 49.1 Å². The van der Waals surface area contributed by atoms with E-state index in [1.54, 1.807) is 19.9 Å². The Morgan fingerprint density at radius 1 is 1.15 bits per heavy atom. The van der Waals surface area contributed by atoms with Crippen molar-refractivity contribution < 1.29 is 24.2 Å². The molecule has 0 saturated heterocycles. The molecule has 1 heterocycles. The quantitative estimate of drug-likeness (QED) is 0.536. The van der Waals surface area contributed by atoms with Crippen molar-refractivity contribution >= 4 is 29.5 Å². The van der Waals surface area contributed by atoms with Crippen LogP contribution in [0.5, 0.6) is 0 Å². The number of carbonyl (C=O) groups is 2. The lowest BCUT2D eigenvalue weighted by Gasteiger charge is -2.32. The molecule has 8 heteroatoms.